The predicted octanol–water partition coefficient (Wildman–Crippen LogP) is 0.116. The standard InChI is InChI=1S/C20H30N4O9S2/c25-15(21-9-5-1-2-8-17(27)28)7-4-3-6-13-18-12(11-34-13)22-20(30)24(18)23-16(26)10-14(19(23)29)35(31,32)33/h12-14,18H,1-11H2,(H,21,25)(H,22,30)(H,27,28)(H,31,32,33)/t12-,13-,14?,18-/m0/s1. The maximum atomic E-state index is 12.6. The van der Waals surface area contributed by atoms with Crippen LogP contribution in [0, 0.1) is 0 Å². The van der Waals surface area contributed by atoms with E-state index in [4.69, 9.17) is 5.11 Å². The summed E-state index contributed by atoms with van der Waals surface area (Å²) in [7, 11) is -4.78. The molecule has 13 nitrogen and oxygen atoms in total. The number of nitrogens with zero attached hydrogens (tertiary/aromatic N) is 2. The first-order valence-electron chi connectivity index (χ1n) is 11.5. The minimum Gasteiger partial charge on any atom is -0.481 e. The molecule has 4 N–H and O–H groups in total. The van der Waals surface area contributed by atoms with Gasteiger partial charge in [-0.3, -0.25) is 23.7 Å². The van der Waals surface area contributed by atoms with Crippen molar-refractivity contribution in [3.05, 3.63) is 0 Å². The lowest BCUT2D eigenvalue weighted by atomic mass is 10.0. The van der Waals surface area contributed by atoms with Crippen LogP contribution < -0.4 is 10.6 Å². The van der Waals surface area contributed by atoms with Gasteiger partial charge in [0.2, 0.25) is 11.8 Å². The van der Waals surface area contributed by atoms with E-state index in [-0.39, 0.29) is 23.6 Å². The van der Waals surface area contributed by atoms with E-state index in [1.165, 1.54) is 0 Å². The van der Waals surface area contributed by atoms with Crippen molar-refractivity contribution < 1.29 is 42.0 Å². The number of carboxylic acid groups (broad SMARTS) is 1. The molecule has 0 bridgehead atoms. The minimum absolute atomic E-state index is 0.0935. The monoisotopic (exact) mass is 534 g/mol. The van der Waals surface area contributed by atoms with Crippen LogP contribution in [-0.2, 0) is 29.3 Å². The summed E-state index contributed by atoms with van der Waals surface area (Å²) in [6.45, 7) is 0.492. The fraction of sp³-hybridized carbons (Fsp3) is 0.750. The van der Waals surface area contributed by atoms with Crippen LogP contribution in [0.1, 0.15) is 57.8 Å². The molecule has 0 aromatic rings. The quantitative estimate of drug-likeness (QED) is 0.109. The molecular weight excluding hydrogens is 504 g/mol. The molecule has 5 amide bonds. The fourth-order valence-electron chi connectivity index (χ4n) is 4.55. The smallest absolute Gasteiger partial charge is 0.337 e. The Balaban J connectivity index is 1.46. The molecule has 0 aromatic carbocycles. The minimum atomic E-state index is -4.78. The van der Waals surface area contributed by atoms with E-state index in [9.17, 15) is 36.9 Å². The van der Waals surface area contributed by atoms with Gasteiger partial charge in [0.15, 0.2) is 5.25 Å². The Labute approximate surface area is 207 Å². The maximum absolute atomic E-state index is 12.6. The third-order valence-electron chi connectivity index (χ3n) is 6.27. The van der Waals surface area contributed by atoms with Crippen molar-refractivity contribution in [2.24, 2.45) is 0 Å². The Morgan fingerprint density at radius 3 is 2.46 bits per heavy atom. The molecule has 0 aromatic heterocycles. The molecule has 3 aliphatic heterocycles. The Kier molecular flexibility index (Phi) is 8.99. The molecule has 3 fully saturated rings. The number of hydrogen-bond acceptors (Lipinski definition) is 8. The molecule has 3 rings (SSSR count). The molecule has 3 saturated heterocycles. The van der Waals surface area contributed by atoms with Crippen molar-refractivity contribution in [1.82, 2.24) is 20.7 Å². The van der Waals surface area contributed by atoms with E-state index in [2.05, 4.69) is 10.6 Å². The number of amides is 5. The van der Waals surface area contributed by atoms with E-state index >= 15 is 0 Å². The van der Waals surface area contributed by atoms with Gasteiger partial charge in [0, 0.05) is 30.4 Å². The highest BCUT2D eigenvalue weighted by Gasteiger charge is 2.57. The lowest BCUT2D eigenvalue weighted by Crippen LogP contribution is -2.55. The average molecular weight is 535 g/mol. The molecule has 35 heavy (non-hydrogen) atoms. The van der Waals surface area contributed by atoms with Gasteiger partial charge >= 0.3 is 12.0 Å². The third kappa shape index (κ3) is 6.64. The normalized spacial score (nSPS) is 26.3. The summed E-state index contributed by atoms with van der Waals surface area (Å²) in [5.41, 5.74) is 0. The van der Waals surface area contributed by atoms with Crippen LogP contribution in [0.2, 0.25) is 0 Å². The number of carbonyl (C=O) groups is 5. The first kappa shape index (κ1) is 27.2. The first-order valence-corrected chi connectivity index (χ1v) is 14.1. The van der Waals surface area contributed by atoms with Gasteiger partial charge in [-0.1, -0.05) is 12.8 Å². The Bertz CT molecular complexity index is 974. The summed E-state index contributed by atoms with van der Waals surface area (Å²) in [4.78, 5) is 60.0. The molecule has 0 aliphatic carbocycles. The number of hydrazine groups is 1. The molecule has 0 saturated carbocycles. The van der Waals surface area contributed by atoms with Gasteiger partial charge in [-0.2, -0.15) is 25.2 Å². The van der Waals surface area contributed by atoms with Gasteiger partial charge in [0.05, 0.1) is 18.5 Å². The van der Waals surface area contributed by atoms with E-state index < -0.39 is 51.6 Å². The van der Waals surface area contributed by atoms with Crippen molar-refractivity contribution in [2.75, 3.05) is 12.3 Å². The molecule has 0 spiro atoms. The highest BCUT2D eigenvalue weighted by molar-refractivity contribution is 8.00. The van der Waals surface area contributed by atoms with Crippen LogP contribution in [0.5, 0.6) is 0 Å². The molecule has 196 valence electrons. The van der Waals surface area contributed by atoms with Gasteiger partial charge in [-0.15, -0.1) is 0 Å². The van der Waals surface area contributed by atoms with Crippen LogP contribution in [0.4, 0.5) is 4.79 Å². The van der Waals surface area contributed by atoms with Crippen LogP contribution in [-0.4, -0.2) is 92.7 Å². The van der Waals surface area contributed by atoms with Crippen LogP contribution in [0.3, 0.4) is 0 Å². The van der Waals surface area contributed by atoms with Gasteiger partial charge in [-0.25, -0.2) is 9.80 Å². The summed E-state index contributed by atoms with van der Waals surface area (Å²) >= 11 is 1.57. The fourth-order valence-corrected chi connectivity index (χ4v) is 6.83. The molecule has 4 atom stereocenters. The van der Waals surface area contributed by atoms with Crippen molar-refractivity contribution in [1.29, 1.82) is 0 Å². The van der Waals surface area contributed by atoms with Crippen molar-refractivity contribution >= 4 is 51.6 Å². The van der Waals surface area contributed by atoms with Gasteiger partial charge in [0.25, 0.3) is 16.0 Å². The number of unbranched alkanes of at least 4 members (excludes halogenated alkanes) is 3. The highest BCUT2D eigenvalue weighted by Crippen LogP contribution is 2.39. The second-order valence-electron chi connectivity index (χ2n) is 8.81. The number of carboxylic acids is 1. The summed E-state index contributed by atoms with van der Waals surface area (Å²) < 4.78 is 32.2. The van der Waals surface area contributed by atoms with E-state index in [0.29, 0.717) is 55.8 Å². The molecule has 0 radical (unpaired) electrons. The van der Waals surface area contributed by atoms with Gasteiger partial charge in [-0.05, 0) is 25.7 Å². The lowest BCUT2D eigenvalue weighted by molar-refractivity contribution is -0.154. The number of hydrogen-bond donors (Lipinski definition) is 4. The zero-order valence-corrected chi connectivity index (χ0v) is 20.7. The van der Waals surface area contributed by atoms with Gasteiger partial charge in [0.1, 0.15) is 0 Å². The Morgan fingerprint density at radius 2 is 1.80 bits per heavy atom. The number of nitrogens with one attached hydrogen (secondary N) is 2. The predicted molar refractivity (Wildman–Crippen MR) is 124 cm³/mol. The average Bonchev–Trinajstić information content (AvgIpc) is 3.39. The number of carbonyl (C=O) groups excluding carboxylic acids is 4. The number of aliphatic carboxylic acids is 1. The second kappa shape index (κ2) is 11.6. The molecule has 15 heteroatoms. The summed E-state index contributed by atoms with van der Waals surface area (Å²) in [6.07, 6.45) is 3.64. The summed E-state index contributed by atoms with van der Waals surface area (Å²) in [5.74, 6) is -2.35. The second-order valence-corrected chi connectivity index (χ2v) is 11.7. The number of urea groups is 1. The Hall–Kier alpha value is -2.39. The molecule has 3 aliphatic rings. The van der Waals surface area contributed by atoms with Crippen molar-refractivity contribution in [3.63, 3.8) is 0 Å². The third-order valence-corrected chi connectivity index (χ3v) is 8.85. The zero-order chi connectivity index (χ0) is 25.8. The lowest BCUT2D eigenvalue weighted by Gasteiger charge is -2.32. The first-order chi connectivity index (χ1) is 16.5. The zero-order valence-electron chi connectivity index (χ0n) is 19.1. The largest absolute Gasteiger partial charge is 0.481 e. The van der Waals surface area contributed by atoms with E-state index in [0.717, 1.165) is 11.4 Å². The SMILES string of the molecule is O=C(O)CCCCCNC(=O)CCCC[C@@H]1SC[C@@H]2NC(=O)N(N3C(=O)CC(S(=O)(=O)O)C3=O)[C@@H]21. The van der Waals surface area contributed by atoms with E-state index in [1.807, 2.05) is 0 Å². The van der Waals surface area contributed by atoms with Crippen LogP contribution in [0.15, 0.2) is 0 Å². The number of thioether (sulfide) groups is 1. The van der Waals surface area contributed by atoms with Crippen LogP contribution >= 0.6 is 11.8 Å². The number of fused-ring (bicyclic) bond motifs is 1. The van der Waals surface area contributed by atoms with E-state index in [1.54, 1.807) is 11.8 Å². The molecule has 1 unspecified atom stereocenters. The number of imide groups is 1. The van der Waals surface area contributed by atoms with Gasteiger partial charge < -0.3 is 15.7 Å². The van der Waals surface area contributed by atoms with Crippen molar-refractivity contribution in [3.8, 4) is 0 Å². The van der Waals surface area contributed by atoms with Crippen molar-refractivity contribution in [2.45, 2.75) is 80.4 Å². The topological polar surface area (TPSA) is 190 Å². The molecular formula is C20H30N4O9S2. The maximum Gasteiger partial charge on any atom is 0.337 e. The summed E-state index contributed by atoms with van der Waals surface area (Å²) in [5, 5.41) is 13.7. The Morgan fingerprint density at radius 1 is 1.09 bits per heavy atom. The highest BCUT2D eigenvalue weighted by atomic mass is 32.2. The van der Waals surface area contributed by atoms with Crippen LogP contribution in [0.25, 0.3) is 0 Å². The number of rotatable bonds is 13. The summed E-state index contributed by atoms with van der Waals surface area (Å²) in [6, 6.07) is -1.50. The molecule has 3 heterocycles.